The molecule has 0 radical (unpaired) electrons. The molecule has 0 unspecified atom stereocenters. The SMILES string of the molecule is CCOc1ncc(-c2ccc3ncnc(NCCC(C)C)c3c2)c(OCC)n1. The molecule has 1 aromatic carbocycles. The highest BCUT2D eigenvalue weighted by molar-refractivity contribution is 5.92. The number of anilines is 1. The van der Waals surface area contributed by atoms with E-state index in [1.165, 1.54) is 0 Å². The third kappa shape index (κ3) is 4.65. The third-order valence-corrected chi connectivity index (χ3v) is 4.25. The Labute approximate surface area is 165 Å². The van der Waals surface area contributed by atoms with Gasteiger partial charge in [-0.15, -0.1) is 0 Å². The van der Waals surface area contributed by atoms with Crippen LogP contribution in [0.25, 0.3) is 22.0 Å². The Hall–Kier alpha value is -2.96. The molecule has 7 nitrogen and oxygen atoms in total. The standard InChI is InChI=1S/C21H27N5O2/c1-5-27-20-17(12-23-21(26-20)28-6-2)15-7-8-18-16(11-15)19(25-13-24-18)22-10-9-14(3)4/h7-8,11-14H,5-6,9-10H2,1-4H3,(H,22,24,25). The summed E-state index contributed by atoms with van der Waals surface area (Å²) >= 11 is 0. The van der Waals surface area contributed by atoms with Crippen LogP contribution < -0.4 is 14.8 Å². The van der Waals surface area contributed by atoms with E-state index >= 15 is 0 Å². The maximum absolute atomic E-state index is 5.73. The van der Waals surface area contributed by atoms with Crippen LogP contribution in [0.5, 0.6) is 11.9 Å². The molecule has 0 aliphatic rings. The van der Waals surface area contributed by atoms with Crippen LogP contribution in [0.3, 0.4) is 0 Å². The monoisotopic (exact) mass is 381 g/mol. The maximum Gasteiger partial charge on any atom is 0.319 e. The Morgan fingerprint density at radius 1 is 1.04 bits per heavy atom. The number of aromatic nitrogens is 4. The summed E-state index contributed by atoms with van der Waals surface area (Å²) in [4.78, 5) is 17.5. The largest absolute Gasteiger partial charge is 0.477 e. The first-order valence-corrected chi connectivity index (χ1v) is 9.74. The molecular formula is C21H27N5O2. The van der Waals surface area contributed by atoms with Crippen LogP contribution in [0, 0.1) is 5.92 Å². The van der Waals surface area contributed by atoms with E-state index in [1.54, 1.807) is 12.5 Å². The second-order valence-corrected chi connectivity index (χ2v) is 6.80. The fourth-order valence-corrected chi connectivity index (χ4v) is 2.84. The zero-order chi connectivity index (χ0) is 19.9. The molecule has 0 saturated heterocycles. The first-order chi connectivity index (χ1) is 13.6. The van der Waals surface area contributed by atoms with Gasteiger partial charge in [-0.2, -0.15) is 4.98 Å². The van der Waals surface area contributed by atoms with Crippen molar-refractivity contribution in [3.8, 4) is 23.0 Å². The third-order valence-electron chi connectivity index (χ3n) is 4.25. The van der Waals surface area contributed by atoms with E-state index < -0.39 is 0 Å². The minimum Gasteiger partial charge on any atom is -0.477 e. The van der Waals surface area contributed by atoms with Crippen molar-refractivity contribution in [3.63, 3.8) is 0 Å². The Morgan fingerprint density at radius 2 is 1.86 bits per heavy atom. The first kappa shape index (κ1) is 19.8. The Morgan fingerprint density at radius 3 is 2.61 bits per heavy atom. The van der Waals surface area contributed by atoms with Crippen LogP contribution in [0.1, 0.15) is 34.1 Å². The van der Waals surface area contributed by atoms with E-state index in [0.717, 1.165) is 40.8 Å². The Balaban J connectivity index is 1.99. The van der Waals surface area contributed by atoms with E-state index in [1.807, 2.05) is 26.0 Å². The van der Waals surface area contributed by atoms with E-state index in [2.05, 4.69) is 45.2 Å². The summed E-state index contributed by atoms with van der Waals surface area (Å²) in [5, 5.41) is 4.39. The molecule has 0 amide bonds. The minimum atomic E-state index is 0.315. The van der Waals surface area contributed by atoms with Crippen molar-refractivity contribution in [3.05, 3.63) is 30.7 Å². The number of rotatable bonds is 9. The summed E-state index contributed by atoms with van der Waals surface area (Å²) in [5.41, 5.74) is 2.64. The second-order valence-electron chi connectivity index (χ2n) is 6.80. The summed E-state index contributed by atoms with van der Waals surface area (Å²) in [6.45, 7) is 10.1. The summed E-state index contributed by atoms with van der Waals surface area (Å²) in [6, 6.07) is 6.34. The van der Waals surface area contributed by atoms with Crippen molar-refractivity contribution < 1.29 is 9.47 Å². The lowest BCUT2D eigenvalue weighted by molar-refractivity contribution is 0.290. The summed E-state index contributed by atoms with van der Waals surface area (Å²) < 4.78 is 11.1. The lowest BCUT2D eigenvalue weighted by Gasteiger charge is -2.13. The molecule has 148 valence electrons. The van der Waals surface area contributed by atoms with Gasteiger partial charge < -0.3 is 14.8 Å². The highest BCUT2D eigenvalue weighted by Gasteiger charge is 2.13. The number of fused-ring (bicyclic) bond motifs is 1. The van der Waals surface area contributed by atoms with Crippen molar-refractivity contribution in [2.45, 2.75) is 34.1 Å². The van der Waals surface area contributed by atoms with Gasteiger partial charge in [0.25, 0.3) is 0 Å². The van der Waals surface area contributed by atoms with Gasteiger partial charge in [-0.05, 0) is 43.9 Å². The Kier molecular flexibility index (Phi) is 6.57. The number of hydrogen-bond donors (Lipinski definition) is 1. The quantitative estimate of drug-likeness (QED) is 0.590. The number of hydrogen-bond acceptors (Lipinski definition) is 7. The normalized spacial score (nSPS) is 11.0. The number of ether oxygens (including phenoxy) is 2. The zero-order valence-corrected chi connectivity index (χ0v) is 16.9. The van der Waals surface area contributed by atoms with Crippen LogP contribution >= 0.6 is 0 Å². The lowest BCUT2D eigenvalue weighted by Crippen LogP contribution is -2.07. The predicted molar refractivity (Wildman–Crippen MR) is 111 cm³/mol. The smallest absolute Gasteiger partial charge is 0.319 e. The molecule has 0 spiro atoms. The van der Waals surface area contributed by atoms with Crippen molar-refractivity contribution in [1.82, 2.24) is 19.9 Å². The van der Waals surface area contributed by atoms with Crippen LogP contribution in [-0.2, 0) is 0 Å². The summed E-state index contributed by atoms with van der Waals surface area (Å²) in [5.74, 6) is 1.97. The van der Waals surface area contributed by atoms with Gasteiger partial charge in [-0.25, -0.2) is 15.0 Å². The lowest BCUT2D eigenvalue weighted by atomic mass is 10.1. The van der Waals surface area contributed by atoms with Gasteiger partial charge in [0.15, 0.2) is 0 Å². The van der Waals surface area contributed by atoms with Crippen LogP contribution in [0.15, 0.2) is 30.7 Å². The molecule has 0 bridgehead atoms. The molecule has 0 aliphatic heterocycles. The molecule has 3 rings (SSSR count). The summed E-state index contributed by atoms with van der Waals surface area (Å²) in [6.07, 6.45) is 4.40. The molecule has 28 heavy (non-hydrogen) atoms. The zero-order valence-electron chi connectivity index (χ0n) is 16.9. The van der Waals surface area contributed by atoms with Gasteiger partial charge >= 0.3 is 6.01 Å². The van der Waals surface area contributed by atoms with Crippen molar-refractivity contribution in [2.75, 3.05) is 25.1 Å². The van der Waals surface area contributed by atoms with Gasteiger partial charge in [-0.1, -0.05) is 19.9 Å². The molecule has 0 atom stereocenters. The maximum atomic E-state index is 5.73. The Bertz CT molecular complexity index is 930. The van der Waals surface area contributed by atoms with Crippen molar-refractivity contribution in [2.24, 2.45) is 5.92 Å². The molecule has 0 saturated carbocycles. The van der Waals surface area contributed by atoms with Gasteiger partial charge in [-0.3, -0.25) is 0 Å². The highest BCUT2D eigenvalue weighted by atomic mass is 16.5. The number of nitrogens with zero attached hydrogens (tertiary/aromatic N) is 4. The fourth-order valence-electron chi connectivity index (χ4n) is 2.84. The van der Waals surface area contributed by atoms with Gasteiger partial charge in [0.2, 0.25) is 5.88 Å². The van der Waals surface area contributed by atoms with E-state index in [9.17, 15) is 0 Å². The van der Waals surface area contributed by atoms with E-state index in [0.29, 0.717) is 31.0 Å². The van der Waals surface area contributed by atoms with Crippen LogP contribution in [-0.4, -0.2) is 39.7 Å². The van der Waals surface area contributed by atoms with E-state index in [4.69, 9.17) is 9.47 Å². The van der Waals surface area contributed by atoms with Crippen LogP contribution in [0.4, 0.5) is 5.82 Å². The predicted octanol–water partition coefficient (Wildman–Crippen LogP) is 4.34. The molecule has 1 N–H and O–H groups in total. The van der Waals surface area contributed by atoms with E-state index in [-0.39, 0.29) is 0 Å². The topological polar surface area (TPSA) is 82.1 Å². The molecule has 2 heterocycles. The number of nitrogens with one attached hydrogen (secondary N) is 1. The van der Waals surface area contributed by atoms with Gasteiger partial charge in [0.1, 0.15) is 12.1 Å². The van der Waals surface area contributed by atoms with Crippen LogP contribution in [0.2, 0.25) is 0 Å². The average Bonchev–Trinajstić information content (AvgIpc) is 2.68. The molecule has 3 aromatic rings. The van der Waals surface area contributed by atoms with Crippen molar-refractivity contribution in [1.29, 1.82) is 0 Å². The first-order valence-electron chi connectivity index (χ1n) is 9.74. The molecule has 7 heteroatoms. The molecule has 0 aliphatic carbocycles. The highest BCUT2D eigenvalue weighted by Crippen LogP contribution is 2.32. The average molecular weight is 381 g/mol. The summed E-state index contributed by atoms with van der Waals surface area (Å²) in [7, 11) is 0. The number of benzene rings is 1. The second kappa shape index (κ2) is 9.30. The molecular weight excluding hydrogens is 354 g/mol. The van der Waals surface area contributed by atoms with Gasteiger partial charge in [0, 0.05) is 18.1 Å². The van der Waals surface area contributed by atoms with Gasteiger partial charge in [0.05, 0.1) is 24.3 Å². The minimum absolute atomic E-state index is 0.315. The molecule has 2 aromatic heterocycles. The van der Waals surface area contributed by atoms with Crippen molar-refractivity contribution >= 4 is 16.7 Å². The fraction of sp³-hybridized carbons (Fsp3) is 0.429. The molecule has 0 fully saturated rings.